The number of rotatable bonds is 7. The molecule has 212 valence electrons. The van der Waals surface area contributed by atoms with Gasteiger partial charge in [0.15, 0.2) is 5.60 Å². The van der Waals surface area contributed by atoms with Crippen LogP contribution in [-0.4, -0.2) is 92.8 Å². The molecular weight excluding hydrogens is 540 g/mol. The number of likely N-dealkylation sites (tertiary alicyclic amines) is 1. The average Bonchev–Trinajstić information content (AvgIpc) is 3.37. The second-order valence-electron chi connectivity index (χ2n) is 9.88. The number of benzene rings is 2. The quantitative estimate of drug-likeness (QED) is 0.397. The Morgan fingerprint density at radius 1 is 1.07 bits per heavy atom. The number of carbonyl (C=O) groups excluding carboxylic acids is 4. The zero-order chi connectivity index (χ0) is 28.1. The summed E-state index contributed by atoms with van der Waals surface area (Å²) in [5.41, 5.74) is 1.15. The zero-order valence-corrected chi connectivity index (χ0v) is 22.6. The van der Waals surface area contributed by atoms with Gasteiger partial charge in [-0.05, 0) is 42.5 Å². The largest absolute Gasteiger partial charge is 0.448 e. The molecule has 4 N–H and O–H groups in total. The van der Waals surface area contributed by atoms with Crippen LogP contribution in [0.2, 0.25) is 5.02 Å². The Morgan fingerprint density at radius 3 is 2.62 bits per heavy atom. The van der Waals surface area contributed by atoms with Crippen molar-refractivity contribution in [1.82, 2.24) is 20.4 Å². The molecule has 13 heteroatoms. The Morgan fingerprint density at radius 2 is 1.85 bits per heavy atom. The third kappa shape index (κ3) is 6.46. The van der Waals surface area contributed by atoms with Crippen molar-refractivity contribution in [1.29, 1.82) is 0 Å². The number of fused-ring (bicyclic) bond motifs is 2. The minimum atomic E-state index is -0.989. The highest BCUT2D eigenvalue weighted by Crippen LogP contribution is 2.43. The predicted molar refractivity (Wildman–Crippen MR) is 147 cm³/mol. The number of halogens is 1. The lowest BCUT2D eigenvalue weighted by Gasteiger charge is -2.35. The van der Waals surface area contributed by atoms with E-state index in [4.69, 9.17) is 21.1 Å². The van der Waals surface area contributed by atoms with Crippen LogP contribution in [0.3, 0.4) is 0 Å². The molecule has 2 fully saturated rings. The van der Waals surface area contributed by atoms with Gasteiger partial charge in [0.05, 0.1) is 18.8 Å². The lowest BCUT2D eigenvalue weighted by Crippen LogP contribution is -2.44. The van der Waals surface area contributed by atoms with Gasteiger partial charge in [0.2, 0.25) is 5.91 Å². The smallest absolute Gasteiger partial charge is 0.412 e. The lowest BCUT2D eigenvalue weighted by atomic mass is 9.90. The summed E-state index contributed by atoms with van der Waals surface area (Å²) in [4.78, 5) is 53.5. The highest BCUT2D eigenvalue weighted by Gasteiger charge is 2.48. The van der Waals surface area contributed by atoms with Crippen LogP contribution in [0.1, 0.15) is 22.3 Å². The van der Waals surface area contributed by atoms with Crippen molar-refractivity contribution in [3.8, 4) is 0 Å². The van der Waals surface area contributed by atoms with Crippen LogP contribution in [0.5, 0.6) is 0 Å². The fourth-order valence-electron chi connectivity index (χ4n) is 5.10. The van der Waals surface area contributed by atoms with Gasteiger partial charge in [-0.1, -0.05) is 11.6 Å². The van der Waals surface area contributed by atoms with E-state index in [1.165, 1.54) is 0 Å². The molecule has 1 spiro atoms. The molecule has 0 radical (unpaired) electrons. The number of amides is 4. The van der Waals surface area contributed by atoms with Crippen LogP contribution in [-0.2, 0) is 19.9 Å². The van der Waals surface area contributed by atoms with Crippen molar-refractivity contribution >= 4 is 47.0 Å². The normalized spacial score (nSPS) is 20.3. The second-order valence-corrected chi connectivity index (χ2v) is 10.3. The SMILES string of the molecule is O=C(Nc1ccc(C(=O)NCC(=O)N2CCC3(C2)OC(=O)Nc2ccc(Cl)cc23)cc1)OCCN1CCNCC1. The lowest BCUT2D eigenvalue weighted by molar-refractivity contribution is -0.130. The van der Waals surface area contributed by atoms with E-state index in [0.717, 1.165) is 31.7 Å². The van der Waals surface area contributed by atoms with Gasteiger partial charge in [0.1, 0.15) is 6.61 Å². The summed E-state index contributed by atoms with van der Waals surface area (Å²) in [6.07, 6.45) is -0.732. The first-order valence-corrected chi connectivity index (χ1v) is 13.5. The second kappa shape index (κ2) is 12.1. The number of ether oxygens (including phenoxy) is 2. The number of nitrogens with zero attached hydrogens (tertiary/aromatic N) is 2. The van der Waals surface area contributed by atoms with Crippen molar-refractivity contribution in [2.24, 2.45) is 0 Å². The summed E-state index contributed by atoms with van der Waals surface area (Å²) in [6, 6.07) is 11.4. The molecule has 0 bridgehead atoms. The third-order valence-electron chi connectivity index (χ3n) is 7.23. The van der Waals surface area contributed by atoms with Crippen LogP contribution in [0.15, 0.2) is 42.5 Å². The van der Waals surface area contributed by atoms with E-state index in [-0.39, 0.29) is 25.6 Å². The van der Waals surface area contributed by atoms with Gasteiger partial charge in [-0.2, -0.15) is 0 Å². The van der Waals surface area contributed by atoms with E-state index in [1.807, 2.05) is 0 Å². The van der Waals surface area contributed by atoms with Gasteiger partial charge in [-0.15, -0.1) is 0 Å². The highest BCUT2D eigenvalue weighted by atomic mass is 35.5. The van der Waals surface area contributed by atoms with Gasteiger partial charge >= 0.3 is 12.2 Å². The molecule has 3 aliphatic heterocycles. The van der Waals surface area contributed by atoms with E-state index in [9.17, 15) is 19.2 Å². The van der Waals surface area contributed by atoms with Crippen LogP contribution in [0.25, 0.3) is 0 Å². The first-order chi connectivity index (χ1) is 19.3. The van der Waals surface area contributed by atoms with Crippen LogP contribution >= 0.6 is 11.6 Å². The summed E-state index contributed by atoms with van der Waals surface area (Å²) in [6.45, 7) is 4.98. The number of anilines is 2. The summed E-state index contributed by atoms with van der Waals surface area (Å²) in [7, 11) is 0. The summed E-state index contributed by atoms with van der Waals surface area (Å²) < 4.78 is 10.9. The molecule has 40 heavy (non-hydrogen) atoms. The molecule has 1 unspecified atom stereocenters. The summed E-state index contributed by atoms with van der Waals surface area (Å²) in [5.74, 6) is -0.733. The number of nitrogens with one attached hydrogen (secondary N) is 4. The van der Waals surface area contributed by atoms with E-state index in [2.05, 4.69) is 26.2 Å². The number of hydrogen-bond donors (Lipinski definition) is 4. The number of carbonyl (C=O) groups is 4. The van der Waals surface area contributed by atoms with Gasteiger partial charge < -0.3 is 25.0 Å². The van der Waals surface area contributed by atoms with E-state index in [1.54, 1.807) is 47.4 Å². The predicted octanol–water partition coefficient (Wildman–Crippen LogP) is 2.21. The van der Waals surface area contributed by atoms with Crippen LogP contribution < -0.4 is 21.3 Å². The minimum Gasteiger partial charge on any atom is -0.448 e. The highest BCUT2D eigenvalue weighted by molar-refractivity contribution is 6.30. The van der Waals surface area contributed by atoms with Crippen molar-refractivity contribution in [2.75, 3.05) is 69.6 Å². The monoisotopic (exact) mass is 570 g/mol. The average molecular weight is 571 g/mol. The molecule has 0 saturated carbocycles. The van der Waals surface area contributed by atoms with E-state index in [0.29, 0.717) is 41.5 Å². The number of piperazine rings is 1. The molecule has 5 rings (SSSR count). The first-order valence-electron chi connectivity index (χ1n) is 13.1. The molecule has 2 aromatic carbocycles. The van der Waals surface area contributed by atoms with Gasteiger partial charge in [0, 0.05) is 67.5 Å². The Labute approximate surface area is 236 Å². The molecule has 0 aliphatic carbocycles. The molecular formula is C27H31ClN6O6. The Balaban J connectivity index is 1.08. The maximum absolute atomic E-state index is 12.9. The topological polar surface area (TPSA) is 141 Å². The van der Waals surface area contributed by atoms with Crippen LogP contribution in [0.4, 0.5) is 21.0 Å². The maximum Gasteiger partial charge on any atom is 0.412 e. The first kappa shape index (κ1) is 27.7. The fourth-order valence-corrected chi connectivity index (χ4v) is 5.27. The molecule has 3 aliphatic rings. The summed E-state index contributed by atoms with van der Waals surface area (Å²) >= 11 is 6.17. The molecule has 2 aromatic rings. The van der Waals surface area contributed by atoms with Gasteiger partial charge in [0.25, 0.3) is 5.91 Å². The Kier molecular flexibility index (Phi) is 8.38. The molecule has 4 amide bonds. The van der Waals surface area contributed by atoms with Crippen molar-refractivity contribution in [3.63, 3.8) is 0 Å². The molecule has 12 nitrogen and oxygen atoms in total. The number of hydrogen-bond acceptors (Lipinski definition) is 8. The van der Waals surface area contributed by atoms with Crippen molar-refractivity contribution in [2.45, 2.75) is 12.0 Å². The molecule has 0 aromatic heterocycles. The third-order valence-corrected chi connectivity index (χ3v) is 7.46. The fraction of sp³-hybridized carbons (Fsp3) is 0.407. The van der Waals surface area contributed by atoms with Gasteiger partial charge in [-0.3, -0.25) is 25.1 Å². The Hall–Kier alpha value is -3.87. The maximum atomic E-state index is 12.9. The van der Waals surface area contributed by atoms with Gasteiger partial charge in [-0.25, -0.2) is 9.59 Å². The minimum absolute atomic E-state index is 0.161. The Bertz CT molecular complexity index is 1280. The zero-order valence-electron chi connectivity index (χ0n) is 21.8. The molecule has 1 atom stereocenters. The standard InChI is InChI=1S/C27H31ClN6O6/c28-19-3-6-22-21(15-19)27(40-26(38)32-22)7-10-34(17-27)23(35)16-30-24(36)18-1-4-20(5-2-18)31-25(37)39-14-13-33-11-8-29-9-12-33/h1-6,15,29H,7-14,16-17H2,(H,30,36)(H,31,37)(H,32,38). The van der Waals surface area contributed by atoms with E-state index >= 15 is 0 Å². The van der Waals surface area contributed by atoms with E-state index < -0.39 is 23.7 Å². The molecule has 3 heterocycles. The van der Waals surface area contributed by atoms with Crippen LogP contribution in [0, 0.1) is 0 Å². The van der Waals surface area contributed by atoms with Crippen molar-refractivity contribution in [3.05, 3.63) is 58.6 Å². The van der Waals surface area contributed by atoms with Crippen molar-refractivity contribution < 1.29 is 28.7 Å². The molecule has 2 saturated heterocycles. The summed E-state index contributed by atoms with van der Waals surface area (Å²) in [5, 5.41) is 11.7.